The van der Waals surface area contributed by atoms with E-state index in [0.717, 1.165) is 0 Å². The monoisotopic (exact) mass is 371 g/mol. The SMILES string of the molecule is O=C(Cc1ccc(OC(F)F)cc1)Oc1ccc(Oc2ccccn2)cc1. The van der Waals surface area contributed by atoms with E-state index in [4.69, 9.17) is 9.47 Å². The quantitative estimate of drug-likeness (QED) is 0.448. The third kappa shape index (κ3) is 5.78. The maximum atomic E-state index is 12.1. The molecule has 0 bridgehead atoms. The smallest absolute Gasteiger partial charge is 0.387 e. The number of alkyl halides is 2. The molecule has 138 valence electrons. The fourth-order valence-corrected chi connectivity index (χ4v) is 2.23. The molecular formula is C20H15F2NO4. The highest BCUT2D eigenvalue weighted by atomic mass is 19.3. The summed E-state index contributed by atoms with van der Waals surface area (Å²) in [5, 5.41) is 0. The molecule has 0 fully saturated rings. The summed E-state index contributed by atoms with van der Waals surface area (Å²) in [7, 11) is 0. The van der Waals surface area contributed by atoms with Crippen LogP contribution >= 0.6 is 0 Å². The lowest BCUT2D eigenvalue weighted by atomic mass is 10.1. The Balaban J connectivity index is 1.53. The molecule has 0 unspecified atom stereocenters. The normalized spacial score (nSPS) is 10.5. The average Bonchev–Trinajstić information content (AvgIpc) is 2.65. The van der Waals surface area contributed by atoms with Gasteiger partial charge in [0.15, 0.2) is 0 Å². The highest BCUT2D eigenvalue weighted by Gasteiger charge is 2.09. The maximum absolute atomic E-state index is 12.1. The van der Waals surface area contributed by atoms with Crippen molar-refractivity contribution >= 4 is 5.97 Å². The summed E-state index contributed by atoms with van der Waals surface area (Å²) in [6.07, 6.45) is 1.62. The predicted molar refractivity (Wildman–Crippen MR) is 93.2 cm³/mol. The molecule has 0 aliphatic carbocycles. The second-order valence-electron chi connectivity index (χ2n) is 5.41. The van der Waals surface area contributed by atoms with Crippen molar-refractivity contribution in [2.24, 2.45) is 0 Å². The maximum Gasteiger partial charge on any atom is 0.387 e. The van der Waals surface area contributed by atoms with Gasteiger partial charge < -0.3 is 14.2 Å². The molecule has 3 rings (SSSR count). The van der Waals surface area contributed by atoms with Gasteiger partial charge >= 0.3 is 12.6 Å². The summed E-state index contributed by atoms with van der Waals surface area (Å²) in [4.78, 5) is 16.1. The average molecular weight is 371 g/mol. The third-order valence-corrected chi connectivity index (χ3v) is 3.41. The molecule has 5 nitrogen and oxygen atoms in total. The number of hydrogen-bond donors (Lipinski definition) is 0. The van der Waals surface area contributed by atoms with Gasteiger partial charge in [0, 0.05) is 12.3 Å². The molecule has 0 aliphatic rings. The first kappa shape index (κ1) is 18.3. The van der Waals surface area contributed by atoms with Crippen molar-refractivity contribution in [3.8, 4) is 23.1 Å². The Morgan fingerprint density at radius 1 is 0.889 bits per heavy atom. The van der Waals surface area contributed by atoms with Crippen LogP contribution in [0, 0.1) is 0 Å². The number of rotatable bonds is 7. The van der Waals surface area contributed by atoms with Crippen LogP contribution in [0.15, 0.2) is 72.9 Å². The lowest BCUT2D eigenvalue weighted by molar-refractivity contribution is -0.133. The Hall–Kier alpha value is -3.48. The van der Waals surface area contributed by atoms with Gasteiger partial charge in [-0.1, -0.05) is 18.2 Å². The van der Waals surface area contributed by atoms with Gasteiger partial charge in [0.25, 0.3) is 0 Å². The predicted octanol–water partition coefficient (Wildman–Crippen LogP) is 4.62. The molecule has 0 atom stereocenters. The lowest BCUT2D eigenvalue weighted by Crippen LogP contribution is -2.11. The van der Waals surface area contributed by atoms with E-state index in [-0.39, 0.29) is 12.2 Å². The van der Waals surface area contributed by atoms with Crippen LogP contribution in [-0.4, -0.2) is 17.6 Å². The standard InChI is InChI=1S/C20H15F2NO4/c21-20(22)27-17-6-4-14(5-7-17)13-19(24)26-16-10-8-15(9-11-16)25-18-3-1-2-12-23-18/h1-12,20H,13H2. The Labute approximate surface area is 154 Å². The van der Waals surface area contributed by atoms with Gasteiger partial charge in [-0.25, -0.2) is 4.98 Å². The number of pyridine rings is 1. The van der Waals surface area contributed by atoms with E-state index < -0.39 is 12.6 Å². The van der Waals surface area contributed by atoms with Gasteiger partial charge in [-0.15, -0.1) is 0 Å². The molecule has 2 aromatic carbocycles. The Bertz CT molecular complexity index is 869. The number of aromatic nitrogens is 1. The molecule has 27 heavy (non-hydrogen) atoms. The van der Waals surface area contributed by atoms with Gasteiger partial charge in [0.1, 0.15) is 17.2 Å². The van der Waals surface area contributed by atoms with Crippen LogP contribution < -0.4 is 14.2 Å². The van der Waals surface area contributed by atoms with Crippen molar-refractivity contribution in [3.05, 3.63) is 78.5 Å². The minimum absolute atomic E-state index is 0.00114. The Kier molecular flexibility index (Phi) is 5.94. The number of carbonyl (C=O) groups is 1. The fraction of sp³-hybridized carbons (Fsp3) is 0.100. The van der Waals surface area contributed by atoms with Crippen LogP contribution in [0.3, 0.4) is 0 Å². The largest absolute Gasteiger partial charge is 0.439 e. The first-order valence-electron chi connectivity index (χ1n) is 8.02. The van der Waals surface area contributed by atoms with Gasteiger partial charge in [-0.05, 0) is 48.0 Å². The van der Waals surface area contributed by atoms with Crippen LogP contribution in [0.4, 0.5) is 8.78 Å². The second-order valence-corrected chi connectivity index (χ2v) is 5.41. The summed E-state index contributed by atoms with van der Waals surface area (Å²) < 4.78 is 39.3. The number of ether oxygens (including phenoxy) is 3. The zero-order chi connectivity index (χ0) is 19.1. The van der Waals surface area contributed by atoms with Crippen LogP contribution in [-0.2, 0) is 11.2 Å². The minimum atomic E-state index is -2.88. The summed E-state index contributed by atoms with van der Waals surface area (Å²) in [6, 6.07) is 17.7. The molecular weight excluding hydrogens is 356 g/mol. The van der Waals surface area contributed by atoms with E-state index in [1.54, 1.807) is 42.6 Å². The lowest BCUT2D eigenvalue weighted by Gasteiger charge is -2.08. The molecule has 0 radical (unpaired) electrons. The van der Waals surface area contributed by atoms with Crippen molar-refractivity contribution in [1.29, 1.82) is 0 Å². The zero-order valence-corrected chi connectivity index (χ0v) is 14.0. The topological polar surface area (TPSA) is 57.7 Å². The van der Waals surface area contributed by atoms with E-state index in [9.17, 15) is 13.6 Å². The molecule has 0 spiro atoms. The van der Waals surface area contributed by atoms with Crippen LogP contribution in [0.1, 0.15) is 5.56 Å². The van der Waals surface area contributed by atoms with Crippen LogP contribution in [0.25, 0.3) is 0 Å². The molecule has 3 aromatic rings. The first-order chi connectivity index (χ1) is 13.1. The van der Waals surface area contributed by atoms with E-state index >= 15 is 0 Å². The number of esters is 1. The van der Waals surface area contributed by atoms with Gasteiger partial charge in [0.2, 0.25) is 5.88 Å². The molecule has 0 N–H and O–H groups in total. The number of benzene rings is 2. The number of carbonyl (C=O) groups excluding carboxylic acids is 1. The van der Waals surface area contributed by atoms with Gasteiger partial charge in [0.05, 0.1) is 6.42 Å². The Morgan fingerprint density at radius 2 is 1.56 bits per heavy atom. The van der Waals surface area contributed by atoms with E-state index in [0.29, 0.717) is 22.9 Å². The van der Waals surface area contributed by atoms with Gasteiger partial charge in [-0.3, -0.25) is 4.79 Å². The fourth-order valence-electron chi connectivity index (χ4n) is 2.23. The van der Waals surface area contributed by atoms with Crippen molar-refractivity contribution in [2.45, 2.75) is 13.0 Å². The summed E-state index contributed by atoms with van der Waals surface area (Å²) in [5.41, 5.74) is 0.622. The number of nitrogens with zero attached hydrogens (tertiary/aromatic N) is 1. The molecule has 1 heterocycles. The van der Waals surface area contributed by atoms with Crippen LogP contribution in [0.5, 0.6) is 23.1 Å². The highest BCUT2D eigenvalue weighted by Crippen LogP contribution is 2.22. The van der Waals surface area contributed by atoms with E-state index in [2.05, 4.69) is 9.72 Å². The van der Waals surface area contributed by atoms with E-state index in [1.807, 2.05) is 6.07 Å². The minimum Gasteiger partial charge on any atom is -0.439 e. The molecule has 0 saturated heterocycles. The van der Waals surface area contributed by atoms with Crippen molar-refractivity contribution in [2.75, 3.05) is 0 Å². The first-order valence-corrected chi connectivity index (χ1v) is 8.02. The van der Waals surface area contributed by atoms with Gasteiger partial charge in [-0.2, -0.15) is 8.78 Å². The summed E-state index contributed by atoms with van der Waals surface area (Å²) in [6.45, 7) is -2.88. The Morgan fingerprint density at radius 3 is 2.19 bits per heavy atom. The van der Waals surface area contributed by atoms with Crippen molar-refractivity contribution in [1.82, 2.24) is 4.98 Å². The molecule has 0 saturated carbocycles. The highest BCUT2D eigenvalue weighted by molar-refractivity contribution is 5.75. The van der Waals surface area contributed by atoms with Crippen LogP contribution in [0.2, 0.25) is 0 Å². The third-order valence-electron chi connectivity index (χ3n) is 3.41. The number of halogens is 2. The summed E-state index contributed by atoms with van der Waals surface area (Å²) >= 11 is 0. The summed E-state index contributed by atoms with van der Waals surface area (Å²) in [5.74, 6) is 0.942. The van der Waals surface area contributed by atoms with Crippen molar-refractivity contribution < 1.29 is 27.8 Å². The van der Waals surface area contributed by atoms with Crippen molar-refractivity contribution in [3.63, 3.8) is 0 Å². The second kappa shape index (κ2) is 8.75. The molecule has 0 aliphatic heterocycles. The zero-order valence-electron chi connectivity index (χ0n) is 14.0. The molecule has 1 aromatic heterocycles. The van der Waals surface area contributed by atoms with E-state index in [1.165, 1.54) is 24.3 Å². The number of hydrogen-bond acceptors (Lipinski definition) is 5. The molecule has 0 amide bonds. The molecule has 7 heteroatoms.